The van der Waals surface area contributed by atoms with Crippen LogP contribution in [0.2, 0.25) is 0 Å². The second-order valence-electron chi connectivity index (χ2n) is 9.45. The van der Waals surface area contributed by atoms with Crippen LogP contribution in [0.3, 0.4) is 0 Å². The summed E-state index contributed by atoms with van der Waals surface area (Å²) in [5.41, 5.74) is 5.68. The van der Waals surface area contributed by atoms with E-state index in [-0.39, 0.29) is 18.4 Å². The number of carbonyl (C=O) groups is 3. The summed E-state index contributed by atoms with van der Waals surface area (Å²) in [4.78, 5) is 39.2. The molecule has 0 unspecified atom stereocenters. The van der Waals surface area contributed by atoms with Gasteiger partial charge in [0.15, 0.2) is 6.10 Å². The molecule has 2 atom stereocenters. The van der Waals surface area contributed by atoms with Gasteiger partial charge in [-0.05, 0) is 73.9 Å². The van der Waals surface area contributed by atoms with Crippen LogP contribution in [0.15, 0.2) is 24.3 Å². The fraction of sp³-hybridized carbons (Fsp3) is 0.591. The number of ether oxygens (including phenoxy) is 2. The van der Waals surface area contributed by atoms with Gasteiger partial charge >= 0.3 is 6.09 Å². The molecule has 1 heterocycles. The van der Waals surface area contributed by atoms with E-state index in [1.165, 1.54) is 0 Å². The molecule has 2 aliphatic rings. The molecule has 1 aliphatic carbocycles. The van der Waals surface area contributed by atoms with Crippen LogP contribution in [0.1, 0.15) is 39.2 Å². The van der Waals surface area contributed by atoms with Gasteiger partial charge in [-0.2, -0.15) is 0 Å². The van der Waals surface area contributed by atoms with Gasteiger partial charge in [0.1, 0.15) is 11.6 Å². The summed E-state index contributed by atoms with van der Waals surface area (Å²) < 4.78 is 12.5. The number of nitrogens with zero attached hydrogens (tertiary/aromatic N) is 1. The van der Waals surface area contributed by atoms with Gasteiger partial charge < -0.3 is 25.4 Å². The predicted octanol–water partition coefficient (Wildman–Crippen LogP) is 2.22. The van der Waals surface area contributed by atoms with Crippen LogP contribution in [0.5, 0.6) is 0 Å². The third-order valence-electron chi connectivity index (χ3n) is 5.42. The first kappa shape index (κ1) is 23.8. The number of nitrogens with two attached hydrogens (primary N) is 1. The van der Waals surface area contributed by atoms with Gasteiger partial charge in [0, 0.05) is 22.0 Å². The second kappa shape index (κ2) is 9.32. The maximum Gasteiger partial charge on any atom is 0.410 e. The van der Waals surface area contributed by atoms with E-state index in [9.17, 15) is 14.4 Å². The molecule has 1 spiro atoms. The highest BCUT2D eigenvalue weighted by Gasteiger charge is 2.49. The van der Waals surface area contributed by atoms with Crippen molar-refractivity contribution in [1.29, 1.82) is 0 Å². The number of nitrogens with one attached hydrogen (secondary N) is 1. The molecule has 8 nitrogen and oxygen atoms in total. The Labute approximate surface area is 196 Å². The Morgan fingerprint density at radius 3 is 2.48 bits per heavy atom. The van der Waals surface area contributed by atoms with Gasteiger partial charge in [-0.3, -0.25) is 9.59 Å². The molecule has 0 bridgehead atoms. The number of benzene rings is 1. The number of halogens is 1. The van der Waals surface area contributed by atoms with E-state index < -0.39 is 35.7 Å². The Morgan fingerprint density at radius 1 is 1.29 bits per heavy atom. The Bertz CT molecular complexity index is 833. The molecule has 0 aromatic heterocycles. The standard InChI is InChI=1S/C22H30IN3O5/c1-21(2,3)31-20(29)26-11-17(30-13-22(12-26)8-9-22)19(28)25-16(18(24)27)10-14-4-6-15(23)7-5-14/h4-7,16-17H,8-13H2,1-3H3,(H2,24,27)(H,25,28)/t16-,17-/m0/s1. The number of carbonyl (C=O) groups excluding carboxylic acids is 3. The first-order chi connectivity index (χ1) is 14.5. The Kier molecular flexibility index (Phi) is 7.14. The van der Waals surface area contributed by atoms with Crippen molar-refractivity contribution in [3.63, 3.8) is 0 Å². The molecule has 170 valence electrons. The van der Waals surface area contributed by atoms with Crippen LogP contribution >= 0.6 is 22.6 Å². The molecule has 31 heavy (non-hydrogen) atoms. The molecule has 1 saturated carbocycles. The minimum Gasteiger partial charge on any atom is -0.444 e. The van der Waals surface area contributed by atoms with Crippen LogP contribution in [-0.2, 0) is 25.5 Å². The lowest BCUT2D eigenvalue weighted by Gasteiger charge is -2.29. The monoisotopic (exact) mass is 543 g/mol. The van der Waals surface area contributed by atoms with E-state index in [0.717, 1.165) is 22.0 Å². The lowest BCUT2D eigenvalue weighted by Crippen LogP contribution is -2.52. The highest BCUT2D eigenvalue weighted by atomic mass is 127. The zero-order chi connectivity index (χ0) is 22.8. The van der Waals surface area contributed by atoms with Crippen molar-refractivity contribution < 1.29 is 23.9 Å². The maximum absolute atomic E-state index is 13.0. The molecular weight excluding hydrogens is 513 g/mol. The molecule has 3 amide bonds. The minimum atomic E-state index is -0.897. The van der Waals surface area contributed by atoms with E-state index in [2.05, 4.69) is 27.9 Å². The van der Waals surface area contributed by atoms with Crippen LogP contribution in [0.25, 0.3) is 0 Å². The molecule has 1 saturated heterocycles. The molecule has 1 aromatic carbocycles. The van der Waals surface area contributed by atoms with E-state index in [1.54, 1.807) is 25.7 Å². The first-order valence-electron chi connectivity index (χ1n) is 10.4. The summed E-state index contributed by atoms with van der Waals surface area (Å²) in [7, 11) is 0. The molecule has 3 N–H and O–H groups in total. The number of primary amides is 1. The minimum absolute atomic E-state index is 0.0670. The van der Waals surface area contributed by atoms with Crippen molar-refractivity contribution in [1.82, 2.24) is 10.2 Å². The van der Waals surface area contributed by atoms with Crippen molar-refractivity contribution in [2.75, 3.05) is 19.7 Å². The summed E-state index contributed by atoms with van der Waals surface area (Å²) in [5, 5.41) is 2.71. The topological polar surface area (TPSA) is 111 Å². The first-order valence-corrected chi connectivity index (χ1v) is 11.5. The Balaban J connectivity index is 1.68. The van der Waals surface area contributed by atoms with Crippen LogP contribution in [0.4, 0.5) is 4.79 Å². The van der Waals surface area contributed by atoms with E-state index >= 15 is 0 Å². The normalized spacial score (nSPS) is 21.2. The van der Waals surface area contributed by atoms with Crippen molar-refractivity contribution in [3.8, 4) is 0 Å². The number of hydrogen-bond acceptors (Lipinski definition) is 5. The Morgan fingerprint density at radius 2 is 1.94 bits per heavy atom. The van der Waals surface area contributed by atoms with E-state index in [1.807, 2.05) is 24.3 Å². The molecule has 0 radical (unpaired) electrons. The lowest BCUT2D eigenvalue weighted by atomic mass is 10.1. The van der Waals surface area contributed by atoms with Gasteiger partial charge in [-0.15, -0.1) is 0 Å². The van der Waals surface area contributed by atoms with Gasteiger partial charge in [0.05, 0.1) is 13.2 Å². The third-order valence-corrected chi connectivity index (χ3v) is 6.14. The molecular formula is C22H30IN3O5. The summed E-state index contributed by atoms with van der Waals surface area (Å²) >= 11 is 2.20. The molecule has 2 fully saturated rings. The fourth-order valence-electron chi connectivity index (χ4n) is 3.49. The highest BCUT2D eigenvalue weighted by Crippen LogP contribution is 2.47. The summed E-state index contributed by atoms with van der Waals surface area (Å²) in [6.45, 7) is 6.36. The van der Waals surface area contributed by atoms with Gasteiger partial charge in [0.2, 0.25) is 5.91 Å². The summed E-state index contributed by atoms with van der Waals surface area (Å²) in [6, 6.07) is 6.78. The zero-order valence-corrected chi connectivity index (χ0v) is 20.3. The Hall–Kier alpha value is -1.88. The second-order valence-corrected chi connectivity index (χ2v) is 10.7. The molecule has 1 aromatic rings. The highest BCUT2D eigenvalue weighted by molar-refractivity contribution is 14.1. The van der Waals surface area contributed by atoms with Gasteiger partial charge in [0.25, 0.3) is 5.91 Å². The number of rotatable bonds is 5. The van der Waals surface area contributed by atoms with Gasteiger partial charge in [-0.25, -0.2) is 4.79 Å². The third kappa shape index (κ3) is 6.80. The van der Waals surface area contributed by atoms with Crippen molar-refractivity contribution in [2.24, 2.45) is 11.1 Å². The van der Waals surface area contributed by atoms with Crippen LogP contribution in [0, 0.1) is 8.99 Å². The van der Waals surface area contributed by atoms with Crippen molar-refractivity contribution in [3.05, 3.63) is 33.4 Å². The van der Waals surface area contributed by atoms with Crippen molar-refractivity contribution in [2.45, 2.75) is 57.8 Å². The number of amides is 3. The zero-order valence-electron chi connectivity index (χ0n) is 18.2. The summed E-state index contributed by atoms with van der Waals surface area (Å²) in [6.07, 6.45) is 0.803. The van der Waals surface area contributed by atoms with Gasteiger partial charge in [-0.1, -0.05) is 12.1 Å². The van der Waals surface area contributed by atoms with E-state index in [0.29, 0.717) is 13.2 Å². The average molecular weight is 543 g/mol. The van der Waals surface area contributed by atoms with Crippen LogP contribution in [-0.4, -0.2) is 60.3 Å². The van der Waals surface area contributed by atoms with E-state index in [4.69, 9.17) is 15.2 Å². The average Bonchev–Trinajstić information content (AvgIpc) is 3.46. The van der Waals surface area contributed by atoms with Crippen molar-refractivity contribution >= 4 is 40.5 Å². The molecule has 1 aliphatic heterocycles. The molecule has 3 rings (SSSR count). The number of hydrogen-bond donors (Lipinski definition) is 2. The lowest BCUT2D eigenvalue weighted by molar-refractivity contribution is -0.136. The largest absolute Gasteiger partial charge is 0.444 e. The maximum atomic E-state index is 13.0. The fourth-order valence-corrected chi connectivity index (χ4v) is 3.85. The molecule has 9 heteroatoms. The summed E-state index contributed by atoms with van der Waals surface area (Å²) in [5.74, 6) is -1.08. The smallest absolute Gasteiger partial charge is 0.410 e. The van der Waals surface area contributed by atoms with Crippen LogP contribution < -0.4 is 11.1 Å². The SMILES string of the molecule is CC(C)(C)OC(=O)N1C[C@@H](C(=O)N[C@@H](Cc2ccc(I)cc2)C(N)=O)OCC2(CC2)C1. The quantitative estimate of drug-likeness (QED) is 0.554. The predicted molar refractivity (Wildman–Crippen MR) is 123 cm³/mol.